The van der Waals surface area contributed by atoms with Crippen LogP contribution < -0.4 is 9.46 Å². The van der Waals surface area contributed by atoms with Crippen LogP contribution in [0.25, 0.3) is 0 Å². The number of carbonyl (C=O) groups is 1. The number of esters is 1. The summed E-state index contributed by atoms with van der Waals surface area (Å²) >= 11 is 0. The predicted octanol–water partition coefficient (Wildman–Crippen LogP) is 4.88. The second-order valence-electron chi connectivity index (χ2n) is 8.71. The lowest BCUT2D eigenvalue weighted by Crippen LogP contribution is -2.42. The van der Waals surface area contributed by atoms with Gasteiger partial charge in [0.2, 0.25) is 10.0 Å². The Kier molecular flexibility index (Phi) is 9.76. The van der Waals surface area contributed by atoms with E-state index >= 15 is 0 Å². The van der Waals surface area contributed by atoms with Gasteiger partial charge in [-0.15, -0.1) is 0 Å². The molecule has 180 valence electrons. The number of methoxy groups -OCH3 is 1. The molecule has 2 aromatic carbocycles. The van der Waals surface area contributed by atoms with Crippen LogP contribution in [0.4, 0.5) is 0 Å². The van der Waals surface area contributed by atoms with Crippen LogP contribution in [-0.4, -0.2) is 34.1 Å². The highest BCUT2D eigenvalue weighted by molar-refractivity contribution is 7.89. The number of unbranched alkanes of at least 4 members (excludes halogenated alkanes) is 1. The fourth-order valence-corrected chi connectivity index (χ4v) is 5.53. The van der Waals surface area contributed by atoms with Crippen molar-refractivity contribution >= 4 is 16.0 Å². The van der Waals surface area contributed by atoms with Crippen LogP contribution in [0.5, 0.6) is 5.75 Å². The van der Waals surface area contributed by atoms with Crippen molar-refractivity contribution in [3.8, 4) is 5.75 Å². The second-order valence-corrected chi connectivity index (χ2v) is 10.4. The zero-order valence-corrected chi connectivity index (χ0v) is 20.2. The summed E-state index contributed by atoms with van der Waals surface area (Å²) in [5, 5.41) is 0. The van der Waals surface area contributed by atoms with E-state index in [9.17, 15) is 13.2 Å². The highest BCUT2D eigenvalue weighted by Crippen LogP contribution is 2.27. The molecule has 1 atom stereocenters. The van der Waals surface area contributed by atoms with E-state index in [1.54, 1.807) is 18.2 Å². The molecule has 1 aliphatic rings. The van der Waals surface area contributed by atoms with Crippen LogP contribution in [0.15, 0.2) is 59.5 Å². The highest BCUT2D eigenvalue weighted by Gasteiger charge is 2.26. The molecule has 1 fully saturated rings. The average Bonchev–Trinajstić information content (AvgIpc) is 2.85. The molecule has 1 aliphatic carbocycles. The molecule has 33 heavy (non-hydrogen) atoms. The number of nitrogens with one attached hydrogen (secondary N) is 1. The molecule has 3 rings (SSSR count). The zero-order valence-electron chi connectivity index (χ0n) is 19.4. The third-order valence-electron chi connectivity index (χ3n) is 6.20. The third-order valence-corrected chi connectivity index (χ3v) is 7.69. The van der Waals surface area contributed by atoms with Gasteiger partial charge in [0, 0.05) is 0 Å². The molecule has 1 saturated carbocycles. The first-order chi connectivity index (χ1) is 16.0. The minimum atomic E-state index is -3.84. The van der Waals surface area contributed by atoms with Gasteiger partial charge in [-0.25, -0.2) is 8.42 Å². The molecular weight excluding hydrogens is 438 g/mol. The van der Waals surface area contributed by atoms with Gasteiger partial charge in [0.1, 0.15) is 11.8 Å². The van der Waals surface area contributed by atoms with Crippen LogP contribution in [0.3, 0.4) is 0 Å². The average molecular weight is 474 g/mol. The Hall–Kier alpha value is -2.38. The second kappa shape index (κ2) is 12.8. The van der Waals surface area contributed by atoms with Crippen LogP contribution in [0.1, 0.15) is 56.9 Å². The van der Waals surface area contributed by atoms with Crippen LogP contribution >= 0.6 is 0 Å². The van der Waals surface area contributed by atoms with E-state index in [1.165, 1.54) is 64.2 Å². The number of hydrogen-bond donors (Lipinski definition) is 1. The molecule has 7 heteroatoms. The lowest BCUT2D eigenvalue weighted by molar-refractivity contribution is -0.142. The van der Waals surface area contributed by atoms with Crippen molar-refractivity contribution in [3.63, 3.8) is 0 Å². The molecular formula is C26H35NO5S. The van der Waals surface area contributed by atoms with Crippen molar-refractivity contribution in [1.29, 1.82) is 0 Å². The lowest BCUT2D eigenvalue weighted by atomic mass is 9.86. The monoisotopic (exact) mass is 473 g/mol. The summed E-state index contributed by atoms with van der Waals surface area (Å²) in [7, 11) is -2.60. The maximum Gasteiger partial charge on any atom is 0.324 e. The smallest absolute Gasteiger partial charge is 0.324 e. The maximum atomic E-state index is 12.6. The minimum Gasteiger partial charge on any atom is -0.494 e. The number of carbonyl (C=O) groups excluding carboxylic acids is 1. The summed E-state index contributed by atoms with van der Waals surface area (Å²) in [6.45, 7) is 0.688. The Bertz CT molecular complexity index is 954. The Morgan fingerprint density at radius 2 is 1.70 bits per heavy atom. The summed E-state index contributed by atoms with van der Waals surface area (Å²) in [6.07, 6.45) is 10.7. The van der Waals surface area contributed by atoms with E-state index in [0.717, 1.165) is 23.7 Å². The molecule has 0 aromatic heterocycles. The number of benzene rings is 2. The fraction of sp³-hybridized carbons (Fsp3) is 0.500. The van der Waals surface area contributed by atoms with Gasteiger partial charge in [-0.1, -0.05) is 68.9 Å². The highest BCUT2D eigenvalue weighted by atomic mass is 32.2. The van der Waals surface area contributed by atoms with Crippen LogP contribution in [0.2, 0.25) is 0 Å². The molecule has 2 aromatic rings. The summed E-state index contributed by atoms with van der Waals surface area (Å²) in [5.74, 6) is 1.05. The zero-order chi connectivity index (χ0) is 23.5. The van der Waals surface area contributed by atoms with Crippen LogP contribution in [0, 0.1) is 5.92 Å². The quantitative estimate of drug-likeness (QED) is 0.351. The number of sulfonamides is 1. The Balaban J connectivity index is 1.49. The standard InChI is InChI=1S/C26H35NO5S/c1-31-26(28)25(27-33(29,30)24-13-6-3-7-14-24)20-22-15-17-23(18-16-22)32-19-9-8-12-21-10-4-2-5-11-21/h3,6-7,13-18,21,25,27H,2,4-5,8-12,19-20H2,1H3. The lowest BCUT2D eigenvalue weighted by Gasteiger charge is -2.21. The van der Waals surface area contributed by atoms with Crippen LogP contribution in [-0.2, 0) is 26.0 Å². The summed E-state index contributed by atoms with van der Waals surface area (Å²) < 4.78 is 38.4. The molecule has 0 aliphatic heterocycles. The van der Waals surface area contributed by atoms with Crippen molar-refractivity contribution in [2.45, 2.75) is 68.7 Å². The molecule has 1 N–H and O–H groups in total. The first-order valence-electron chi connectivity index (χ1n) is 11.8. The first-order valence-corrected chi connectivity index (χ1v) is 13.3. The largest absolute Gasteiger partial charge is 0.494 e. The molecule has 0 spiro atoms. The molecule has 1 unspecified atom stereocenters. The first kappa shape index (κ1) is 25.2. The topological polar surface area (TPSA) is 81.7 Å². The van der Waals surface area contributed by atoms with E-state index in [4.69, 9.17) is 9.47 Å². The van der Waals surface area contributed by atoms with Gasteiger partial charge in [-0.05, 0) is 55.0 Å². The maximum absolute atomic E-state index is 12.6. The van der Waals surface area contributed by atoms with E-state index in [0.29, 0.717) is 6.61 Å². The summed E-state index contributed by atoms with van der Waals surface area (Å²) in [4.78, 5) is 12.3. The SMILES string of the molecule is COC(=O)C(Cc1ccc(OCCCCC2CCCCC2)cc1)NS(=O)(=O)c1ccccc1. The predicted molar refractivity (Wildman–Crippen MR) is 129 cm³/mol. The normalized spacial score (nSPS) is 15.7. The van der Waals surface area contributed by atoms with Gasteiger partial charge >= 0.3 is 5.97 Å². The Labute approximate surface area is 197 Å². The van der Waals surface area contributed by atoms with Crippen molar-refractivity contribution in [3.05, 3.63) is 60.2 Å². The van der Waals surface area contributed by atoms with Gasteiger partial charge < -0.3 is 9.47 Å². The molecule has 0 bridgehead atoms. The Morgan fingerprint density at radius 1 is 1.00 bits per heavy atom. The van der Waals surface area contributed by atoms with Gasteiger partial charge in [-0.3, -0.25) is 4.79 Å². The van der Waals surface area contributed by atoms with Gasteiger partial charge in [0.15, 0.2) is 0 Å². The van der Waals surface area contributed by atoms with E-state index in [-0.39, 0.29) is 11.3 Å². The van der Waals surface area contributed by atoms with Gasteiger partial charge in [0.05, 0.1) is 18.6 Å². The number of ether oxygens (including phenoxy) is 2. The molecule has 0 saturated heterocycles. The summed E-state index contributed by atoms with van der Waals surface area (Å²) in [5.41, 5.74) is 0.811. The van der Waals surface area contributed by atoms with Crippen molar-refractivity contribution in [2.24, 2.45) is 5.92 Å². The molecule has 6 nitrogen and oxygen atoms in total. The van der Waals surface area contributed by atoms with Crippen molar-refractivity contribution in [1.82, 2.24) is 4.72 Å². The number of hydrogen-bond acceptors (Lipinski definition) is 5. The van der Waals surface area contributed by atoms with Crippen molar-refractivity contribution in [2.75, 3.05) is 13.7 Å². The molecule has 0 heterocycles. The van der Waals surface area contributed by atoms with Gasteiger partial charge in [-0.2, -0.15) is 4.72 Å². The Morgan fingerprint density at radius 3 is 2.36 bits per heavy atom. The molecule has 0 amide bonds. The fourth-order valence-electron chi connectivity index (χ4n) is 4.33. The van der Waals surface area contributed by atoms with E-state index in [2.05, 4.69) is 4.72 Å². The van der Waals surface area contributed by atoms with E-state index in [1.807, 2.05) is 24.3 Å². The number of rotatable bonds is 12. The van der Waals surface area contributed by atoms with Gasteiger partial charge in [0.25, 0.3) is 0 Å². The van der Waals surface area contributed by atoms with Crippen molar-refractivity contribution < 1.29 is 22.7 Å². The van der Waals surface area contributed by atoms with E-state index < -0.39 is 22.0 Å². The minimum absolute atomic E-state index is 0.103. The molecule has 0 radical (unpaired) electrons. The third kappa shape index (κ3) is 8.16. The summed E-state index contributed by atoms with van der Waals surface area (Å²) in [6, 6.07) is 14.4.